The third-order valence-electron chi connectivity index (χ3n) is 2.31. The van der Waals surface area contributed by atoms with Gasteiger partial charge in [0.15, 0.2) is 0 Å². The van der Waals surface area contributed by atoms with Crippen molar-refractivity contribution in [1.82, 2.24) is 15.1 Å². The summed E-state index contributed by atoms with van der Waals surface area (Å²) in [5.41, 5.74) is 0. The van der Waals surface area contributed by atoms with Crippen LogP contribution in [0.15, 0.2) is 12.3 Å². The number of carbonyl (C=O) groups is 1. The first kappa shape index (κ1) is 10.0. The fourth-order valence-electron chi connectivity index (χ4n) is 1.39. The summed E-state index contributed by atoms with van der Waals surface area (Å²) in [5, 5.41) is 9.80. The first-order valence-corrected chi connectivity index (χ1v) is 5.28. The van der Waals surface area contributed by atoms with Crippen LogP contribution in [0.5, 0.6) is 0 Å². The number of hydrogen-bond acceptors (Lipinski definition) is 2. The van der Waals surface area contributed by atoms with Crippen LogP contribution < -0.4 is 10.6 Å². The smallest absolute Gasteiger partial charge is 0.320 e. The minimum atomic E-state index is -0.139. The second-order valence-corrected chi connectivity index (χ2v) is 4.13. The maximum Gasteiger partial charge on any atom is 0.320 e. The summed E-state index contributed by atoms with van der Waals surface area (Å²) in [7, 11) is 0. The van der Waals surface area contributed by atoms with E-state index < -0.39 is 0 Å². The standard InChI is InChI=1S/C10H16N4O/c1-7(2)14-9(5-6-11-14)13-10(15)12-8-3-4-8/h5-8H,3-4H2,1-2H3,(H2,12,13,15). The van der Waals surface area contributed by atoms with Crippen LogP contribution in [-0.4, -0.2) is 21.9 Å². The zero-order valence-electron chi connectivity index (χ0n) is 9.03. The molecule has 2 amide bonds. The molecule has 1 aliphatic rings. The third-order valence-corrected chi connectivity index (χ3v) is 2.31. The Hall–Kier alpha value is -1.52. The summed E-state index contributed by atoms with van der Waals surface area (Å²) in [6.45, 7) is 4.05. The summed E-state index contributed by atoms with van der Waals surface area (Å²) in [6, 6.07) is 2.28. The SMILES string of the molecule is CC(C)n1nccc1NC(=O)NC1CC1. The van der Waals surface area contributed by atoms with Gasteiger partial charge in [-0.3, -0.25) is 5.32 Å². The average molecular weight is 208 g/mol. The molecule has 1 heterocycles. The van der Waals surface area contributed by atoms with Gasteiger partial charge in [0.1, 0.15) is 5.82 Å². The van der Waals surface area contributed by atoms with Crippen molar-refractivity contribution in [3.8, 4) is 0 Å². The summed E-state index contributed by atoms with van der Waals surface area (Å²) in [4.78, 5) is 11.5. The van der Waals surface area contributed by atoms with Crippen molar-refractivity contribution in [3.63, 3.8) is 0 Å². The van der Waals surface area contributed by atoms with Crippen molar-refractivity contribution < 1.29 is 4.79 Å². The molecule has 2 rings (SSSR count). The second-order valence-electron chi connectivity index (χ2n) is 4.13. The monoisotopic (exact) mass is 208 g/mol. The molecule has 1 fully saturated rings. The molecule has 5 nitrogen and oxygen atoms in total. The zero-order valence-corrected chi connectivity index (χ0v) is 9.03. The molecule has 0 aromatic carbocycles. The number of nitrogens with one attached hydrogen (secondary N) is 2. The molecule has 1 saturated carbocycles. The Bertz CT molecular complexity index is 354. The number of urea groups is 1. The number of carbonyl (C=O) groups excluding carboxylic acids is 1. The molecule has 1 aliphatic carbocycles. The van der Waals surface area contributed by atoms with Gasteiger partial charge in [0.2, 0.25) is 0 Å². The molecule has 1 aromatic rings. The van der Waals surface area contributed by atoms with Crippen molar-refractivity contribution >= 4 is 11.8 Å². The van der Waals surface area contributed by atoms with Crippen LogP contribution in [0, 0.1) is 0 Å². The van der Waals surface area contributed by atoms with E-state index in [0.29, 0.717) is 6.04 Å². The van der Waals surface area contributed by atoms with Gasteiger partial charge in [0.05, 0.1) is 6.20 Å². The van der Waals surface area contributed by atoms with Crippen LogP contribution in [0.1, 0.15) is 32.7 Å². The quantitative estimate of drug-likeness (QED) is 0.795. The Morgan fingerprint density at radius 3 is 2.93 bits per heavy atom. The fraction of sp³-hybridized carbons (Fsp3) is 0.600. The lowest BCUT2D eigenvalue weighted by Gasteiger charge is -2.12. The Kier molecular flexibility index (Phi) is 2.62. The molecular weight excluding hydrogens is 192 g/mol. The van der Waals surface area contributed by atoms with Crippen LogP contribution in [0.2, 0.25) is 0 Å². The molecule has 0 atom stereocenters. The van der Waals surface area contributed by atoms with E-state index in [2.05, 4.69) is 15.7 Å². The topological polar surface area (TPSA) is 59.0 Å². The van der Waals surface area contributed by atoms with E-state index in [1.54, 1.807) is 16.9 Å². The predicted molar refractivity (Wildman–Crippen MR) is 57.8 cm³/mol. The minimum Gasteiger partial charge on any atom is -0.335 e. The largest absolute Gasteiger partial charge is 0.335 e. The van der Waals surface area contributed by atoms with E-state index in [0.717, 1.165) is 18.7 Å². The Morgan fingerprint density at radius 1 is 1.60 bits per heavy atom. The summed E-state index contributed by atoms with van der Waals surface area (Å²) >= 11 is 0. The first-order chi connectivity index (χ1) is 7.16. The highest BCUT2D eigenvalue weighted by molar-refractivity contribution is 5.88. The van der Waals surface area contributed by atoms with E-state index in [4.69, 9.17) is 0 Å². The molecule has 0 aliphatic heterocycles. The molecule has 0 saturated heterocycles. The van der Waals surface area contributed by atoms with Crippen molar-refractivity contribution in [2.75, 3.05) is 5.32 Å². The van der Waals surface area contributed by atoms with Crippen LogP contribution in [0.4, 0.5) is 10.6 Å². The summed E-state index contributed by atoms with van der Waals surface area (Å²) in [6.07, 6.45) is 3.88. The number of nitrogens with zero attached hydrogens (tertiary/aromatic N) is 2. The molecule has 2 N–H and O–H groups in total. The number of anilines is 1. The van der Waals surface area contributed by atoms with Crippen molar-refractivity contribution in [1.29, 1.82) is 0 Å². The average Bonchev–Trinajstić information content (AvgIpc) is 2.82. The second kappa shape index (κ2) is 3.92. The molecule has 5 heteroatoms. The fourth-order valence-corrected chi connectivity index (χ4v) is 1.39. The molecular formula is C10H16N4O. The van der Waals surface area contributed by atoms with Crippen LogP contribution in [0.3, 0.4) is 0 Å². The Morgan fingerprint density at radius 2 is 2.33 bits per heavy atom. The molecule has 0 unspecified atom stereocenters. The molecule has 15 heavy (non-hydrogen) atoms. The van der Waals surface area contributed by atoms with Gasteiger partial charge in [0, 0.05) is 18.2 Å². The van der Waals surface area contributed by atoms with E-state index >= 15 is 0 Å². The van der Waals surface area contributed by atoms with Crippen molar-refractivity contribution in [2.45, 2.75) is 38.8 Å². The normalized spacial score (nSPS) is 15.4. The lowest BCUT2D eigenvalue weighted by molar-refractivity contribution is 0.251. The summed E-state index contributed by atoms with van der Waals surface area (Å²) in [5.74, 6) is 0.739. The highest BCUT2D eigenvalue weighted by Crippen LogP contribution is 2.19. The van der Waals surface area contributed by atoms with Gasteiger partial charge in [-0.25, -0.2) is 9.48 Å². The van der Waals surface area contributed by atoms with E-state index in [-0.39, 0.29) is 12.1 Å². The van der Waals surface area contributed by atoms with Gasteiger partial charge in [0.25, 0.3) is 0 Å². The number of hydrogen-bond donors (Lipinski definition) is 2. The molecule has 0 bridgehead atoms. The van der Waals surface area contributed by atoms with E-state index in [1.807, 2.05) is 13.8 Å². The van der Waals surface area contributed by atoms with E-state index in [9.17, 15) is 4.79 Å². The summed E-state index contributed by atoms with van der Waals surface area (Å²) < 4.78 is 1.78. The van der Waals surface area contributed by atoms with Crippen molar-refractivity contribution in [2.24, 2.45) is 0 Å². The predicted octanol–water partition coefficient (Wildman–Crippen LogP) is 1.75. The number of amides is 2. The molecule has 0 spiro atoms. The highest BCUT2D eigenvalue weighted by Gasteiger charge is 2.23. The van der Waals surface area contributed by atoms with Gasteiger partial charge in [-0.1, -0.05) is 0 Å². The maximum atomic E-state index is 11.5. The molecule has 82 valence electrons. The van der Waals surface area contributed by atoms with Gasteiger partial charge in [-0.05, 0) is 26.7 Å². The highest BCUT2D eigenvalue weighted by atomic mass is 16.2. The molecule has 0 radical (unpaired) electrons. The Labute approximate surface area is 88.8 Å². The third kappa shape index (κ3) is 2.49. The van der Waals surface area contributed by atoms with Crippen LogP contribution in [-0.2, 0) is 0 Å². The Balaban J connectivity index is 1.96. The van der Waals surface area contributed by atoms with Gasteiger partial charge in [-0.2, -0.15) is 5.10 Å². The first-order valence-electron chi connectivity index (χ1n) is 5.28. The lowest BCUT2D eigenvalue weighted by Crippen LogP contribution is -2.31. The van der Waals surface area contributed by atoms with Gasteiger partial charge < -0.3 is 5.32 Å². The maximum absolute atomic E-state index is 11.5. The number of aromatic nitrogens is 2. The van der Waals surface area contributed by atoms with Crippen LogP contribution >= 0.6 is 0 Å². The zero-order chi connectivity index (χ0) is 10.8. The van der Waals surface area contributed by atoms with E-state index in [1.165, 1.54) is 0 Å². The number of rotatable bonds is 3. The molecule has 1 aromatic heterocycles. The van der Waals surface area contributed by atoms with Gasteiger partial charge >= 0.3 is 6.03 Å². The van der Waals surface area contributed by atoms with Crippen molar-refractivity contribution in [3.05, 3.63) is 12.3 Å². The minimum absolute atomic E-state index is 0.139. The van der Waals surface area contributed by atoms with Crippen LogP contribution in [0.25, 0.3) is 0 Å². The lowest BCUT2D eigenvalue weighted by atomic mass is 10.4. The van der Waals surface area contributed by atoms with Gasteiger partial charge in [-0.15, -0.1) is 0 Å².